The van der Waals surface area contributed by atoms with Crippen LogP contribution in [-0.2, 0) is 11.3 Å². The second kappa shape index (κ2) is 5.87. The normalized spacial score (nSPS) is 10.1. The van der Waals surface area contributed by atoms with E-state index in [9.17, 15) is 9.59 Å². The van der Waals surface area contributed by atoms with Crippen molar-refractivity contribution < 1.29 is 19.2 Å². The molecule has 1 heterocycles. The zero-order valence-electron chi connectivity index (χ0n) is 10.7. The van der Waals surface area contributed by atoms with Crippen LogP contribution in [0.1, 0.15) is 23.2 Å². The van der Waals surface area contributed by atoms with Crippen LogP contribution in [0.3, 0.4) is 0 Å². The van der Waals surface area contributed by atoms with Gasteiger partial charge in [0, 0.05) is 24.4 Å². The molecule has 1 aromatic heterocycles. The van der Waals surface area contributed by atoms with Crippen molar-refractivity contribution in [3.05, 3.63) is 41.8 Å². The summed E-state index contributed by atoms with van der Waals surface area (Å²) >= 11 is 0. The number of rotatable bonds is 5. The Morgan fingerprint density at radius 3 is 2.45 bits per heavy atom. The van der Waals surface area contributed by atoms with Gasteiger partial charge >= 0.3 is 5.97 Å². The van der Waals surface area contributed by atoms with Crippen molar-refractivity contribution >= 4 is 23.3 Å². The Kier molecular flexibility index (Phi) is 3.99. The molecule has 0 fully saturated rings. The largest absolute Gasteiger partial charge is 0.476 e. The number of hydrogen-bond donors (Lipinski definition) is 3. The van der Waals surface area contributed by atoms with Crippen LogP contribution in [0.2, 0.25) is 0 Å². The van der Waals surface area contributed by atoms with Gasteiger partial charge in [-0.1, -0.05) is 5.16 Å². The summed E-state index contributed by atoms with van der Waals surface area (Å²) in [7, 11) is 0. The van der Waals surface area contributed by atoms with Crippen LogP contribution in [0.25, 0.3) is 0 Å². The van der Waals surface area contributed by atoms with Gasteiger partial charge in [-0.05, 0) is 24.3 Å². The molecule has 1 amide bonds. The number of anilines is 2. The number of carboxylic acid groups (broad SMARTS) is 1. The van der Waals surface area contributed by atoms with Crippen LogP contribution in [-0.4, -0.2) is 22.1 Å². The molecule has 0 spiro atoms. The molecule has 0 aliphatic rings. The maximum Gasteiger partial charge on any atom is 0.358 e. The first-order chi connectivity index (χ1) is 9.54. The second-order valence-corrected chi connectivity index (χ2v) is 4.10. The number of nitrogens with zero attached hydrogens (tertiary/aromatic N) is 1. The van der Waals surface area contributed by atoms with Crippen LogP contribution in [0.4, 0.5) is 11.4 Å². The molecule has 20 heavy (non-hydrogen) atoms. The number of carbonyl (C=O) groups excluding carboxylic acids is 1. The SMILES string of the molecule is CC(=O)Nc1ccc(NCc2cc(C(=O)O)no2)cc1. The first-order valence-corrected chi connectivity index (χ1v) is 5.85. The van der Waals surface area contributed by atoms with E-state index in [1.165, 1.54) is 13.0 Å². The summed E-state index contributed by atoms with van der Waals surface area (Å²) in [5.74, 6) is -0.832. The Hall–Kier alpha value is -2.83. The average molecular weight is 275 g/mol. The van der Waals surface area contributed by atoms with Gasteiger partial charge in [0.05, 0.1) is 6.54 Å². The van der Waals surface area contributed by atoms with Gasteiger partial charge in [0.15, 0.2) is 11.5 Å². The van der Waals surface area contributed by atoms with Crippen molar-refractivity contribution in [3.63, 3.8) is 0 Å². The van der Waals surface area contributed by atoms with E-state index in [1.807, 2.05) is 0 Å². The predicted octanol–water partition coefficient (Wildman–Crippen LogP) is 1.94. The van der Waals surface area contributed by atoms with E-state index in [4.69, 9.17) is 9.63 Å². The molecule has 0 aliphatic carbocycles. The van der Waals surface area contributed by atoms with Crippen LogP contribution >= 0.6 is 0 Å². The fourth-order valence-corrected chi connectivity index (χ4v) is 1.56. The topological polar surface area (TPSA) is 104 Å². The molecule has 7 heteroatoms. The Labute approximate surface area is 114 Å². The van der Waals surface area contributed by atoms with Gasteiger partial charge in [0.1, 0.15) is 0 Å². The van der Waals surface area contributed by atoms with Gasteiger partial charge in [-0.2, -0.15) is 0 Å². The first-order valence-electron chi connectivity index (χ1n) is 5.85. The van der Waals surface area contributed by atoms with E-state index in [-0.39, 0.29) is 11.6 Å². The quantitative estimate of drug-likeness (QED) is 0.770. The molecule has 2 aromatic rings. The molecule has 0 aliphatic heterocycles. The summed E-state index contributed by atoms with van der Waals surface area (Å²) < 4.78 is 4.87. The third kappa shape index (κ3) is 3.58. The molecule has 2 rings (SSSR count). The van der Waals surface area contributed by atoms with E-state index >= 15 is 0 Å². The highest BCUT2D eigenvalue weighted by molar-refractivity contribution is 5.88. The molecule has 0 atom stereocenters. The number of carbonyl (C=O) groups is 2. The maximum absolute atomic E-state index is 10.9. The fourth-order valence-electron chi connectivity index (χ4n) is 1.56. The highest BCUT2D eigenvalue weighted by atomic mass is 16.5. The monoisotopic (exact) mass is 275 g/mol. The predicted molar refractivity (Wildman–Crippen MR) is 71.5 cm³/mol. The standard InChI is InChI=1S/C13H13N3O4/c1-8(17)15-10-4-2-9(3-5-10)14-7-11-6-12(13(18)19)16-20-11/h2-6,14H,7H2,1H3,(H,15,17)(H,18,19). The Morgan fingerprint density at radius 2 is 1.90 bits per heavy atom. The zero-order valence-corrected chi connectivity index (χ0v) is 10.7. The zero-order chi connectivity index (χ0) is 14.5. The third-order valence-electron chi connectivity index (χ3n) is 2.45. The van der Waals surface area contributed by atoms with Crippen LogP contribution in [0, 0.1) is 0 Å². The summed E-state index contributed by atoms with van der Waals surface area (Å²) in [4.78, 5) is 21.5. The lowest BCUT2D eigenvalue weighted by Gasteiger charge is -2.06. The summed E-state index contributed by atoms with van der Waals surface area (Å²) in [6.07, 6.45) is 0. The molecule has 0 bridgehead atoms. The number of carboxylic acids is 1. The smallest absolute Gasteiger partial charge is 0.358 e. The highest BCUT2D eigenvalue weighted by Gasteiger charge is 2.10. The van der Waals surface area contributed by atoms with Gasteiger partial charge in [-0.25, -0.2) is 4.79 Å². The van der Waals surface area contributed by atoms with Crippen LogP contribution in [0.15, 0.2) is 34.9 Å². The molecule has 7 nitrogen and oxygen atoms in total. The lowest BCUT2D eigenvalue weighted by molar-refractivity contribution is -0.114. The van der Waals surface area contributed by atoms with E-state index < -0.39 is 5.97 Å². The molecule has 0 saturated carbocycles. The van der Waals surface area contributed by atoms with Gasteiger partial charge in [-0.3, -0.25) is 4.79 Å². The number of aromatic nitrogens is 1. The second-order valence-electron chi connectivity index (χ2n) is 4.10. The van der Waals surface area contributed by atoms with Crippen molar-refractivity contribution in [2.75, 3.05) is 10.6 Å². The average Bonchev–Trinajstić information content (AvgIpc) is 2.86. The van der Waals surface area contributed by atoms with Crippen molar-refractivity contribution in [1.29, 1.82) is 0 Å². The molecule has 0 saturated heterocycles. The Bertz CT molecular complexity index is 619. The van der Waals surface area contributed by atoms with E-state index in [1.54, 1.807) is 24.3 Å². The summed E-state index contributed by atoms with van der Waals surface area (Å²) in [5.41, 5.74) is 1.39. The molecule has 0 unspecified atom stereocenters. The number of aromatic carboxylic acids is 1. The van der Waals surface area contributed by atoms with Crippen molar-refractivity contribution in [3.8, 4) is 0 Å². The number of nitrogens with one attached hydrogen (secondary N) is 2. The van der Waals surface area contributed by atoms with E-state index in [0.29, 0.717) is 18.0 Å². The van der Waals surface area contributed by atoms with Crippen LogP contribution < -0.4 is 10.6 Å². The number of benzene rings is 1. The molecule has 0 radical (unpaired) electrons. The lowest BCUT2D eigenvalue weighted by atomic mass is 10.2. The van der Waals surface area contributed by atoms with Gasteiger partial charge in [0.2, 0.25) is 5.91 Å². The maximum atomic E-state index is 10.9. The molecule has 104 valence electrons. The van der Waals surface area contributed by atoms with Gasteiger partial charge in [-0.15, -0.1) is 0 Å². The fraction of sp³-hybridized carbons (Fsp3) is 0.154. The molecular formula is C13H13N3O4. The Morgan fingerprint density at radius 1 is 1.25 bits per heavy atom. The summed E-state index contributed by atoms with van der Waals surface area (Å²) in [5, 5.41) is 17.8. The lowest BCUT2D eigenvalue weighted by Crippen LogP contribution is -2.05. The van der Waals surface area contributed by atoms with Crippen molar-refractivity contribution in [1.82, 2.24) is 5.16 Å². The third-order valence-corrected chi connectivity index (χ3v) is 2.45. The molecule has 1 aromatic carbocycles. The number of amides is 1. The van der Waals surface area contributed by atoms with Crippen molar-refractivity contribution in [2.24, 2.45) is 0 Å². The highest BCUT2D eigenvalue weighted by Crippen LogP contribution is 2.14. The van der Waals surface area contributed by atoms with E-state index in [2.05, 4.69) is 15.8 Å². The molecule has 3 N–H and O–H groups in total. The Balaban J connectivity index is 1.93. The van der Waals surface area contributed by atoms with Crippen molar-refractivity contribution in [2.45, 2.75) is 13.5 Å². The summed E-state index contributed by atoms with van der Waals surface area (Å²) in [6, 6.07) is 8.46. The first kappa shape index (κ1) is 13.6. The van der Waals surface area contributed by atoms with Crippen LogP contribution in [0.5, 0.6) is 0 Å². The van der Waals surface area contributed by atoms with E-state index in [0.717, 1.165) is 5.69 Å². The minimum Gasteiger partial charge on any atom is -0.476 e. The van der Waals surface area contributed by atoms with Gasteiger partial charge < -0.3 is 20.3 Å². The molecular weight excluding hydrogens is 262 g/mol. The minimum absolute atomic E-state index is 0.122. The summed E-state index contributed by atoms with van der Waals surface area (Å²) in [6.45, 7) is 1.76. The van der Waals surface area contributed by atoms with Gasteiger partial charge in [0.25, 0.3) is 0 Å². The number of hydrogen-bond acceptors (Lipinski definition) is 5. The minimum atomic E-state index is -1.13.